The molecule has 0 saturated carbocycles. The molecule has 5 nitrogen and oxygen atoms in total. The highest BCUT2D eigenvalue weighted by molar-refractivity contribution is 5.99. The molecule has 8 heteroatoms. The Kier molecular flexibility index (Phi) is 4.58. The van der Waals surface area contributed by atoms with Crippen LogP contribution in [0.15, 0.2) is 18.2 Å². The molecule has 94 valence electrons. The summed E-state index contributed by atoms with van der Waals surface area (Å²) in [5, 5.41) is 2.92. The zero-order valence-corrected chi connectivity index (χ0v) is 8.58. The Morgan fingerprint density at radius 1 is 1.35 bits per heavy atom. The van der Waals surface area contributed by atoms with Gasteiger partial charge in [0.1, 0.15) is 17.1 Å². The lowest BCUT2D eigenvalue weighted by molar-refractivity contribution is -0.176. The van der Waals surface area contributed by atoms with E-state index in [-0.39, 0.29) is 5.75 Å². The van der Waals surface area contributed by atoms with Gasteiger partial charge in [-0.1, -0.05) is 11.1 Å². The summed E-state index contributed by atoms with van der Waals surface area (Å²) in [7, 11) is 1.22. The number of hydrogen-bond donors (Lipinski definition) is 1. The molecule has 1 amide bonds. The summed E-state index contributed by atoms with van der Waals surface area (Å²) >= 11 is 0. The number of halogens is 3. The van der Waals surface area contributed by atoms with Crippen LogP contribution in [0.1, 0.15) is 10.4 Å². The van der Waals surface area contributed by atoms with Crippen molar-refractivity contribution in [3.8, 4) is 11.5 Å². The Hall–Kier alpha value is -1.96. The number of alkyl halides is 2. The third kappa shape index (κ3) is 3.25. The Morgan fingerprint density at radius 3 is 2.53 bits per heavy atom. The fourth-order valence-corrected chi connectivity index (χ4v) is 1.19. The molecule has 17 heavy (non-hydrogen) atoms. The van der Waals surface area contributed by atoms with E-state index in [1.165, 1.54) is 24.7 Å². The van der Waals surface area contributed by atoms with E-state index in [0.717, 1.165) is 6.07 Å². The molecule has 1 rings (SSSR count). The molecule has 0 aliphatic rings. The molecule has 0 aromatic heterocycles. The monoisotopic (exact) mass is 251 g/mol. The van der Waals surface area contributed by atoms with E-state index >= 15 is 0 Å². The fourth-order valence-electron chi connectivity index (χ4n) is 1.19. The lowest BCUT2D eigenvalue weighted by atomic mass is 10.1. The number of rotatable bonds is 5. The van der Waals surface area contributed by atoms with Gasteiger partial charge < -0.3 is 9.47 Å². The highest BCUT2D eigenvalue weighted by Gasteiger charge is 2.21. The number of nitrogens with one attached hydrogen (secondary N) is 1. The van der Waals surface area contributed by atoms with Crippen molar-refractivity contribution in [2.24, 2.45) is 0 Å². The van der Waals surface area contributed by atoms with Crippen LogP contribution in [-0.4, -0.2) is 19.6 Å². The zero-order valence-electron chi connectivity index (χ0n) is 8.58. The van der Waals surface area contributed by atoms with Crippen LogP contribution in [0.5, 0.6) is 11.5 Å². The minimum atomic E-state index is -3.13. The van der Waals surface area contributed by atoms with Crippen molar-refractivity contribution in [3.05, 3.63) is 23.8 Å². The number of carbonyl (C=O) groups is 1. The standard InChI is InChI=1S/C9H8F3NO4/c1-15-5-3-2-4-6(16-9(10)11)7(5)8(14)13-17-12/h2-4,9H,1H3,(H,13,14). The van der Waals surface area contributed by atoms with Crippen LogP contribution in [0.3, 0.4) is 0 Å². The van der Waals surface area contributed by atoms with Gasteiger partial charge in [-0.25, -0.2) is 0 Å². The Bertz CT molecular complexity index is 400. The van der Waals surface area contributed by atoms with Gasteiger partial charge in [0, 0.05) is 0 Å². The second-order valence-corrected chi connectivity index (χ2v) is 2.72. The van der Waals surface area contributed by atoms with E-state index in [0.29, 0.717) is 0 Å². The third-order valence-corrected chi connectivity index (χ3v) is 1.78. The summed E-state index contributed by atoms with van der Waals surface area (Å²) in [4.78, 5) is 11.3. The quantitative estimate of drug-likeness (QED) is 0.811. The van der Waals surface area contributed by atoms with Crippen LogP contribution in [0.4, 0.5) is 13.3 Å². The lowest BCUT2D eigenvalue weighted by Crippen LogP contribution is -2.22. The molecule has 0 aliphatic carbocycles. The average molecular weight is 251 g/mol. The summed E-state index contributed by atoms with van der Waals surface area (Å²) in [6, 6.07) is 3.77. The van der Waals surface area contributed by atoms with Crippen molar-refractivity contribution in [2.75, 3.05) is 7.11 Å². The molecule has 0 unspecified atom stereocenters. The van der Waals surface area contributed by atoms with Crippen LogP contribution in [-0.2, 0) is 5.04 Å². The highest BCUT2D eigenvalue weighted by atomic mass is 19.3. The van der Waals surface area contributed by atoms with Crippen molar-refractivity contribution >= 4 is 5.91 Å². The first-order valence-corrected chi connectivity index (χ1v) is 4.30. The molecule has 0 spiro atoms. The molecule has 0 heterocycles. The van der Waals surface area contributed by atoms with Gasteiger partial charge in [-0.15, -0.1) is 0 Å². The largest absolute Gasteiger partial charge is 0.496 e. The van der Waals surface area contributed by atoms with Crippen LogP contribution < -0.4 is 15.0 Å². The van der Waals surface area contributed by atoms with Crippen molar-refractivity contribution in [2.45, 2.75) is 6.61 Å². The average Bonchev–Trinajstić information content (AvgIpc) is 2.28. The normalized spacial score (nSPS) is 10.2. The maximum atomic E-state index is 12.1. The Balaban J connectivity index is 3.15. The SMILES string of the molecule is COc1cccc(OC(F)F)c1C(=O)NOF. The first-order chi connectivity index (χ1) is 8.10. The predicted octanol–water partition coefficient (Wildman–Crippen LogP) is 1.84. The highest BCUT2D eigenvalue weighted by Crippen LogP contribution is 2.29. The van der Waals surface area contributed by atoms with Crippen LogP contribution in [0, 0.1) is 0 Å². The summed E-state index contributed by atoms with van der Waals surface area (Å²) in [5.41, 5.74) is 0.944. The van der Waals surface area contributed by atoms with E-state index in [4.69, 9.17) is 4.74 Å². The molecule has 0 radical (unpaired) electrons. The van der Waals surface area contributed by atoms with Gasteiger partial charge in [-0.2, -0.15) is 14.3 Å². The Morgan fingerprint density at radius 2 is 2.00 bits per heavy atom. The number of benzene rings is 1. The predicted molar refractivity (Wildman–Crippen MR) is 49.3 cm³/mol. The molecular weight excluding hydrogens is 243 g/mol. The molecule has 0 atom stereocenters. The van der Waals surface area contributed by atoms with E-state index in [2.05, 4.69) is 9.78 Å². The maximum absolute atomic E-state index is 12.1. The molecule has 0 aliphatic heterocycles. The van der Waals surface area contributed by atoms with E-state index in [9.17, 15) is 18.1 Å². The first-order valence-electron chi connectivity index (χ1n) is 4.30. The Labute approximate surface area is 93.9 Å². The summed E-state index contributed by atoms with van der Waals surface area (Å²) < 4.78 is 44.5. The van der Waals surface area contributed by atoms with Gasteiger partial charge in [0.2, 0.25) is 0 Å². The summed E-state index contributed by atoms with van der Waals surface area (Å²) in [6.45, 7) is -3.13. The van der Waals surface area contributed by atoms with Crippen LogP contribution >= 0.6 is 0 Å². The second-order valence-electron chi connectivity index (χ2n) is 2.72. The number of ether oxygens (including phenoxy) is 2. The van der Waals surface area contributed by atoms with E-state index in [1.54, 1.807) is 0 Å². The minimum absolute atomic E-state index is 0.0577. The maximum Gasteiger partial charge on any atom is 0.387 e. The summed E-state index contributed by atoms with van der Waals surface area (Å²) in [5.74, 6) is -1.62. The molecular formula is C9H8F3NO4. The van der Waals surface area contributed by atoms with Crippen molar-refractivity contribution in [1.82, 2.24) is 5.48 Å². The number of carbonyl (C=O) groups excluding carboxylic acids is 1. The van der Waals surface area contributed by atoms with Gasteiger partial charge in [0.15, 0.2) is 0 Å². The molecule has 1 aromatic rings. The molecule has 0 saturated heterocycles. The van der Waals surface area contributed by atoms with Crippen molar-refractivity contribution in [3.63, 3.8) is 0 Å². The fraction of sp³-hybridized carbons (Fsp3) is 0.222. The first kappa shape index (κ1) is 13.1. The smallest absolute Gasteiger partial charge is 0.387 e. The second kappa shape index (κ2) is 5.94. The third-order valence-electron chi connectivity index (χ3n) is 1.78. The van der Waals surface area contributed by atoms with Crippen LogP contribution in [0.25, 0.3) is 0 Å². The van der Waals surface area contributed by atoms with Gasteiger partial charge in [0.25, 0.3) is 5.91 Å². The van der Waals surface area contributed by atoms with Gasteiger partial charge >= 0.3 is 6.61 Å². The molecule has 1 N–H and O–H groups in total. The lowest BCUT2D eigenvalue weighted by Gasteiger charge is -2.12. The van der Waals surface area contributed by atoms with E-state index < -0.39 is 23.8 Å². The van der Waals surface area contributed by atoms with Crippen LogP contribution in [0.2, 0.25) is 0 Å². The topological polar surface area (TPSA) is 56.8 Å². The minimum Gasteiger partial charge on any atom is -0.496 e. The molecule has 0 bridgehead atoms. The van der Waals surface area contributed by atoms with Crippen molar-refractivity contribution < 1.29 is 32.6 Å². The molecule has 0 fully saturated rings. The number of hydrogen-bond acceptors (Lipinski definition) is 4. The van der Waals surface area contributed by atoms with Gasteiger partial charge in [-0.3, -0.25) is 4.79 Å². The van der Waals surface area contributed by atoms with E-state index in [1.807, 2.05) is 0 Å². The van der Waals surface area contributed by atoms with Crippen molar-refractivity contribution in [1.29, 1.82) is 0 Å². The number of methoxy groups -OCH3 is 1. The van der Waals surface area contributed by atoms with Gasteiger partial charge in [-0.05, 0) is 16.7 Å². The summed E-state index contributed by atoms with van der Waals surface area (Å²) in [6.07, 6.45) is 0. The number of amides is 1. The molecule has 1 aromatic carbocycles. The zero-order chi connectivity index (χ0) is 12.8. The number of hydroxylamine groups is 1. The van der Waals surface area contributed by atoms with Gasteiger partial charge in [0.05, 0.1) is 7.11 Å².